The van der Waals surface area contributed by atoms with E-state index < -0.39 is 24.4 Å². The Morgan fingerprint density at radius 3 is 3.07 bits per heavy atom. The minimum Gasteiger partial charge on any atom is -0.491 e. The third-order valence-electron chi connectivity index (χ3n) is 4.55. The number of likely N-dealkylation sites (tertiary alicyclic amines) is 1. The minimum atomic E-state index is -2.63. The van der Waals surface area contributed by atoms with Gasteiger partial charge in [-0.25, -0.2) is 4.68 Å². The van der Waals surface area contributed by atoms with E-state index in [1.54, 1.807) is 28.9 Å². The number of carbonyl (C=O) groups excluding carboxylic acids is 2. The standard InChI is InChI=1S/C19H18N4O4/c1-22-8-7-19(26,18(22)25)6-4-12-2-3-16-15(10-12)23-13(5-9-27-16)11-14(21-23)17(20)24/h2-3,10-11,26H,5,7-9H2,1H3,(H2,20,24)/t19-/m0/s1/i1D3. The molecule has 0 spiro atoms. The van der Waals surface area contributed by atoms with Crippen molar-refractivity contribution in [1.82, 2.24) is 14.7 Å². The van der Waals surface area contributed by atoms with Crippen LogP contribution in [0.2, 0.25) is 0 Å². The summed E-state index contributed by atoms with van der Waals surface area (Å²) in [6.45, 7) is -2.34. The van der Waals surface area contributed by atoms with Gasteiger partial charge in [-0.2, -0.15) is 5.10 Å². The van der Waals surface area contributed by atoms with Crippen LogP contribution in [0.3, 0.4) is 0 Å². The summed E-state index contributed by atoms with van der Waals surface area (Å²) in [5.41, 5.74) is 5.13. The van der Waals surface area contributed by atoms with E-state index in [9.17, 15) is 14.7 Å². The first-order chi connectivity index (χ1) is 14.1. The first kappa shape index (κ1) is 13.8. The first-order valence-electron chi connectivity index (χ1n) is 9.82. The van der Waals surface area contributed by atoms with Gasteiger partial charge in [-0.1, -0.05) is 11.8 Å². The van der Waals surface area contributed by atoms with Crippen LogP contribution in [-0.2, 0) is 11.2 Å². The lowest BCUT2D eigenvalue weighted by molar-refractivity contribution is -0.137. The number of benzene rings is 1. The fourth-order valence-corrected chi connectivity index (χ4v) is 3.07. The Hall–Kier alpha value is -3.31. The van der Waals surface area contributed by atoms with E-state index in [0.717, 1.165) is 5.69 Å². The Labute approximate surface area is 159 Å². The SMILES string of the molecule is [2H]C([2H])([2H])N1CC[C@@](O)(C#Cc2ccc3c(c2)-n2nc(C(N)=O)cc2CCO3)C1=O. The molecule has 3 N–H and O–H groups in total. The summed E-state index contributed by atoms with van der Waals surface area (Å²) in [4.78, 5) is 24.5. The van der Waals surface area contributed by atoms with Gasteiger partial charge in [-0.3, -0.25) is 9.59 Å². The maximum Gasteiger partial charge on any atom is 0.269 e. The number of nitrogens with two attached hydrogens (primary N) is 1. The lowest BCUT2D eigenvalue weighted by atomic mass is 10.0. The van der Waals surface area contributed by atoms with Crippen molar-refractivity contribution < 1.29 is 23.5 Å². The van der Waals surface area contributed by atoms with Crippen LogP contribution < -0.4 is 10.5 Å². The molecule has 1 aromatic carbocycles. The number of likely N-dealkylation sites (N-methyl/N-ethyl adjacent to an activating group) is 1. The molecule has 0 saturated carbocycles. The van der Waals surface area contributed by atoms with Crippen LogP contribution in [0.15, 0.2) is 24.3 Å². The Balaban J connectivity index is 1.69. The van der Waals surface area contributed by atoms with Crippen molar-refractivity contribution in [2.24, 2.45) is 5.73 Å². The first-order valence-corrected chi connectivity index (χ1v) is 8.32. The van der Waals surface area contributed by atoms with Crippen LogP contribution in [0.4, 0.5) is 0 Å². The third-order valence-corrected chi connectivity index (χ3v) is 4.55. The van der Waals surface area contributed by atoms with Gasteiger partial charge in [0, 0.05) is 41.7 Å². The van der Waals surface area contributed by atoms with Crippen molar-refractivity contribution in [3.8, 4) is 23.3 Å². The van der Waals surface area contributed by atoms with Crippen LogP contribution in [0.1, 0.15) is 32.3 Å². The number of fused-ring (bicyclic) bond motifs is 3. The molecule has 0 aliphatic carbocycles. The molecule has 2 aliphatic heterocycles. The van der Waals surface area contributed by atoms with Crippen molar-refractivity contribution >= 4 is 11.8 Å². The number of rotatable bonds is 1. The summed E-state index contributed by atoms with van der Waals surface area (Å²) in [5, 5.41) is 14.8. The minimum absolute atomic E-state index is 0.101. The monoisotopic (exact) mass is 369 g/mol. The third kappa shape index (κ3) is 2.92. The zero-order chi connectivity index (χ0) is 21.7. The molecule has 4 rings (SSSR count). The molecule has 0 bridgehead atoms. The molecule has 2 amide bonds. The zero-order valence-electron chi connectivity index (χ0n) is 17.2. The van der Waals surface area contributed by atoms with Crippen molar-refractivity contribution in [3.63, 3.8) is 0 Å². The molecular weight excluding hydrogens is 348 g/mol. The number of nitrogens with zero attached hydrogens (tertiary/aromatic N) is 3. The molecule has 0 unspecified atom stereocenters. The maximum atomic E-state index is 12.3. The highest BCUT2D eigenvalue weighted by atomic mass is 16.5. The van der Waals surface area contributed by atoms with E-state index in [1.807, 2.05) is 0 Å². The van der Waals surface area contributed by atoms with Crippen LogP contribution in [0.5, 0.6) is 5.75 Å². The second kappa shape index (κ2) is 6.14. The summed E-state index contributed by atoms with van der Waals surface area (Å²) in [6.07, 6.45) is 0.422. The quantitative estimate of drug-likeness (QED) is 0.679. The van der Waals surface area contributed by atoms with Crippen molar-refractivity contribution in [1.29, 1.82) is 0 Å². The molecule has 0 radical (unpaired) electrons. The normalized spacial score (nSPS) is 22.9. The lowest BCUT2D eigenvalue weighted by Crippen LogP contribution is -2.37. The molecule has 138 valence electrons. The van der Waals surface area contributed by atoms with Crippen LogP contribution in [-0.4, -0.2) is 57.3 Å². The number of amides is 2. The second-order valence-electron chi connectivity index (χ2n) is 6.39. The summed E-state index contributed by atoms with van der Waals surface area (Å²) >= 11 is 0. The number of hydrogen-bond donors (Lipinski definition) is 2. The van der Waals surface area contributed by atoms with Gasteiger partial charge in [0.1, 0.15) is 11.4 Å². The van der Waals surface area contributed by atoms with E-state index in [0.29, 0.717) is 34.9 Å². The Morgan fingerprint density at radius 2 is 2.33 bits per heavy atom. The number of primary amides is 1. The van der Waals surface area contributed by atoms with Gasteiger partial charge in [0.25, 0.3) is 11.8 Å². The molecule has 8 nitrogen and oxygen atoms in total. The van der Waals surface area contributed by atoms with Gasteiger partial charge < -0.3 is 20.5 Å². The average Bonchev–Trinajstić information content (AvgIpc) is 3.18. The molecule has 1 aromatic heterocycles. The van der Waals surface area contributed by atoms with E-state index >= 15 is 0 Å². The molecule has 27 heavy (non-hydrogen) atoms. The van der Waals surface area contributed by atoms with Crippen molar-refractivity contribution in [2.45, 2.75) is 18.4 Å². The summed E-state index contributed by atoms with van der Waals surface area (Å²) in [5.74, 6) is 4.21. The van der Waals surface area contributed by atoms with Gasteiger partial charge in [-0.15, -0.1) is 0 Å². The predicted octanol–water partition coefficient (Wildman–Crippen LogP) is -0.149. The van der Waals surface area contributed by atoms with Crippen LogP contribution in [0, 0.1) is 11.8 Å². The van der Waals surface area contributed by atoms with Crippen molar-refractivity contribution in [2.75, 3.05) is 20.1 Å². The highest BCUT2D eigenvalue weighted by Crippen LogP contribution is 2.29. The molecule has 1 atom stereocenters. The van der Waals surface area contributed by atoms with Gasteiger partial charge in [0.05, 0.1) is 6.61 Å². The van der Waals surface area contributed by atoms with E-state index in [2.05, 4.69) is 16.9 Å². The molecule has 1 saturated heterocycles. The molecule has 1 fully saturated rings. The highest BCUT2D eigenvalue weighted by Gasteiger charge is 2.42. The summed E-state index contributed by atoms with van der Waals surface area (Å²) in [7, 11) is 0. The topological polar surface area (TPSA) is 111 Å². The van der Waals surface area contributed by atoms with Gasteiger partial charge >= 0.3 is 0 Å². The Morgan fingerprint density at radius 1 is 1.48 bits per heavy atom. The number of aliphatic hydroxyl groups is 1. The highest BCUT2D eigenvalue weighted by molar-refractivity contribution is 5.91. The van der Waals surface area contributed by atoms with Crippen LogP contribution >= 0.6 is 0 Å². The fourth-order valence-electron chi connectivity index (χ4n) is 3.07. The van der Waals surface area contributed by atoms with Gasteiger partial charge in [-0.05, 0) is 24.3 Å². The van der Waals surface area contributed by atoms with E-state index in [-0.39, 0.29) is 18.7 Å². The average molecular weight is 369 g/mol. The summed E-state index contributed by atoms with van der Waals surface area (Å²) in [6, 6.07) is 6.58. The number of hydrogen-bond acceptors (Lipinski definition) is 5. The Bertz CT molecular complexity index is 1120. The lowest BCUT2D eigenvalue weighted by Gasteiger charge is -2.13. The molecule has 3 heterocycles. The largest absolute Gasteiger partial charge is 0.491 e. The van der Waals surface area contributed by atoms with Gasteiger partial charge in [0.2, 0.25) is 5.60 Å². The zero-order valence-corrected chi connectivity index (χ0v) is 14.2. The molecular formula is C19H18N4O4. The van der Waals surface area contributed by atoms with Gasteiger partial charge in [0.15, 0.2) is 5.69 Å². The second-order valence-corrected chi connectivity index (χ2v) is 6.39. The fraction of sp³-hybridized carbons (Fsp3) is 0.316. The smallest absolute Gasteiger partial charge is 0.269 e. The molecule has 2 aliphatic rings. The van der Waals surface area contributed by atoms with E-state index in [1.165, 1.54) is 0 Å². The molecule has 2 aromatic rings. The maximum absolute atomic E-state index is 12.3. The Kier molecular flexibility index (Phi) is 3.15. The van der Waals surface area contributed by atoms with Crippen LogP contribution in [0.25, 0.3) is 5.69 Å². The summed E-state index contributed by atoms with van der Waals surface area (Å²) < 4.78 is 29.4. The predicted molar refractivity (Wildman–Crippen MR) is 95.4 cm³/mol. The van der Waals surface area contributed by atoms with Crippen molar-refractivity contribution in [3.05, 3.63) is 41.2 Å². The number of aromatic nitrogens is 2. The number of carbonyl (C=O) groups is 2. The van der Waals surface area contributed by atoms with E-state index in [4.69, 9.17) is 14.6 Å². The number of ether oxygens (including phenoxy) is 1. The molecule has 8 heteroatoms.